The number of nitrogens with zero attached hydrogens (tertiary/aromatic N) is 1. The van der Waals surface area contributed by atoms with Gasteiger partial charge in [-0.1, -0.05) is 12.1 Å². The van der Waals surface area contributed by atoms with Crippen molar-refractivity contribution >= 4 is 16.8 Å². The van der Waals surface area contributed by atoms with E-state index in [-0.39, 0.29) is 24.6 Å². The molecule has 2 aromatic heterocycles. The highest BCUT2D eigenvalue weighted by molar-refractivity contribution is 5.95. The monoisotopic (exact) mass is 462 g/mol. The van der Waals surface area contributed by atoms with E-state index in [4.69, 9.17) is 18.6 Å². The summed E-state index contributed by atoms with van der Waals surface area (Å²) in [5, 5.41) is 0.887. The molecule has 0 aliphatic heterocycles. The maximum absolute atomic E-state index is 13.7. The molecule has 2 aromatic carbocycles. The molecule has 4 rings (SSSR count). The van der Waals surface area contributed by atoms with Gasteiger partial charge >= 0.3 is 0 Å². The van der Waals surface area contributed by atoms with Gasteiger partial charge in [-0.3, -0.25) is 9.59 Å². The van der Waals surface area contributed by atoms with Crippen molar-refractivity contribution in [3.05, 3.63) is 87.6 Å². The van der Waals surface area contributed by atoms with Crippen LogP contribution in [0.3, 0.4) is 0 Å². The molecule has 8 nitrogen and oxygen atoms in total. The van der Waals surface area contributed by atoms with Crippen LogP contribution < -0.4 is 19.8 Å². The molecule has 34 heavy (non-hydrogen) atoms. The van der Waals surface area contributed by atoms with E-state index < -0.39 is 0 Å². The Kier molecular flexibility index (Phi) is 6.58. The zero-order valence-corrected chi connectivity index (χ0v) is 19.5. The minimum atomic E-state index is -0.320. The van der Waals surface area contributed by atoms with E-state index in [2.05, 4.69) is 4.98 Å². The van der Waals surface area contributed by atoms with Crippen molar-refractivity contribution in [2.45, 2.75) is 20.0 Å². The first-order valence-corrected chi connectivity index (χ1v) is 10.7. The van der Waals surface area contributed by atoms with E-state index in [1.807, 2.05) is 31.2 Å². The van der Waals surface area contributed by atoms with Crippen LogP contribution in [0.1, 0.15) is 27.2 Å². The zero-order chi connectivity index (χ0) is 24.2. The van der Waals surface area contributed by atoms with Gasteiger partial charge in [0.2, 0.25) is 5.75 Å². The first-order valence-electron chi connectivity index (χ1n) is 10.7. The van der Waals surface area contributed by atoms with Crippen molar-refractivity contribution < 1.29 is 23.4 Å². The maximum atomic E-state index is 13.7. The summed E-state index contributed by atoms with van der Waals surface area (Å²) in [7, 11) is 4.48. The third-order valence-corrected chi connectivity index (χ3v) is 5.57. The number of pyridine rings is 1. The SMILES string of the molecule is COc1cc(C(=O)N(Cc2ccco2)Cc2cc3ccc(C)cc3[nH]c2=O)cc(OC)c1OC. The number of nitrogens with one attached hydrogen (secondary N) is 1. The van der Waals surface area contributed by atoms with Crippen LogP contribution in [0.4, 0.5) is 0 Å². The van der Waals surface area contributed by atoms with Crippen LogP contribution in [-0.4, -0.2) is 37.1 Å². The number of H-pyrrole nitrogens is 1. The molecule has 0 aliphatic rings. The second-order valence-corrected chi connectivity index (χ2v) is 7.87. The standard InChI is InChI=1S/C26H26N2O6/c1-16-7-8-17-11-19(25(29)27-21(17)10-16)14-28(15-20-6-5-9-34-20)26(30)18-12-22(31-2)24(33-4)23(13-18)32-3/h5-13H,14-15H2,1-4H3,(H,27,29). The number of methoxy groups -OCH3 is 3. The van der Waals surface area contributed by atoms with Gasteiger partial charge in [-0.05, 0) is 54.3 Å². The Morgan fingerprint density at radius 1 is 0.971 bits per heavy atom. The van der Waals surface area contributed by atoms with E-state index in [0.717, 1.165) is 16.5 Å². The van der Waals surface area contributed by atoms with Gasteiger partial charge in [0, 0.05) is 16.6 Å². The molecule has 1 N–H and O–H groups in total. The zero-order valence-electron chi connectivity index (χ0n) is 19.5. The van der Waals surface area contributed by atoms with Crippen LogP contribution in [0.2, 0.25) is 0 Å². The second-order valence-electron chi connectivity index (χ2n) is 7.87. The van der Waals surface area contributed by atoms with E-state index in [0.29, 0.717) is 34.1 Å². The van der Waals surface area contributed by atoms with Crippen molar-refractivity contribution in [2.24, 2.45) is 0 Å². The van der Waals surface area contributed by atoms with Gasteiger partial charge in [0.1, 0.15) is 5.76 Å². The van der Waals surface area contributed by atoms with Gasteiger partial charge in [0.25, 0.3) is 11.5 Å². The Balaban J connectivity index is 1.74. The van der Waals surface area contributed by atoms with Crippen molar-refractivity contribution in [3.63, 3.8) is 0 Å². The van der Waals surface area contributed by atoms with Crippen molar-refractivity contribution in [3.8, 4) is 17.2 Å². The number of rotatable bonds is 8. The van der Waals surface area contributed by atoms with E-state index in [1.54, 1.807) is 35.4 Å². The maximum Gasteiger partial charge on any atom is 0.254 e. The topological polar surface area (TPSA) is 94.0 Å². The lowest BCUT2D eigenvalue weighted by Gasteiger charge is -2.23. The van der Waals surface area contributed by atoms with E-state index in [9.17, 15) is 9.59 Å². The van der Waals surface area contributed by atoms with Gasteiger partial charge in [-0.25, -0.2) is 0 Å². The Bertz CT molecular complexity index is 1350. The summed E-state index contributed by atoms with van der Waals surface area (Å²) in [4.78, 5) is 31.0. The van der Waals surface area contributed by atoms with Crippen LogP contribution in [0.25, 0.3) is 10.9 Å². The van der Waals surface area contributed by atoms with Crippen molar-refractivity contribution in [2.75, 3.05) is 21.3 Å². The number of ether oxygens (including phenoxy) is 3. The van der Waals surface area contributed by atoms with Crippen LogP contribution >= 0.6 is 0 Å². The molecule has 0 radical (unpaired) electrons. The molecule has 0 atom stereocenters. The largest absolute Gasteiger partial charge is 0.493 e. The summed E-state index contributed by atoms with van der Waals surface area (Å²) in [6.45, 7) is 2.22. The Morgan fingerprint density at radius 2 is 1.71 bits per heavy atom. The molecule has 1 amide bonds. The number of fused-ring (bicyclic) bond motifs is 1. The number of hydrogen-bond donors (Lipinski definition) is 1. The lowest BCUT2D eigenvalue weighted by Crippen LogP contribution is -2.32. The predicted octanol–water partition coefficient (Wildman–Crippen LogP) is 4.30. The molecular formula is C26H26N2O6. The van der Waals surface area contributed by atoms with Gasteiger partial charge in [0.15, 0.2) is 11.5 Å². The average Bonchev–Trinajstić information content (AvgIpc) is 3.35. The molecule has 0 saturated heterocycles. The number of benzene rings is 2. The highest BCUT2D eigenvalue weighted by Gasteiger charge is 2.23. The van der Waals surface area contributed by atoms with Crippen LogP contribution in [0.15, 0.2) is 64.0 Å². The summed E-state index contributed by atoms with van der Waals surface area (Å²) >= 11 is 0. The normalized spacial score (nSPS) is 10.8. The fourth-order valence-corrected chi connectivity index (χ4v) is 3.86. The molecular weight excluding hydrogens is 436 g/mol. The Morgan fingerprint density at radius 3 is 2.32 bits per heavy atom. The van der Waals surface area contributed by atoms with E-state index >= 15 is 0 Å². The highest BCUT2D eigenvalue weighted by Crippen LogP contribution is 2.38. The Labute approximate surface area is 196 Å². The fourth-order valence-electron chi connectivity index (χ4n) is 3.86. The van der Waals surface area contributed by atoms with Crippen molar-refractivity contribution in [1.82, 2.24) is 9.88 Å². The van der Waals surface area contributed by atoms with Gasteiger partial charge < -0.3 is 28.5 Å². The lowest BCUT2D eigenvalue weighted by atomic mass is 10.1. The first kappa shape index (κ1) is 23.0. The molecule has 0 fully saturated rings. The van der Waals surface area contributed by atoms with Crippen LogP contribution in [-0.2, 0) is 13.1 Å². The number of aromatic amines is 1. The molecule has 0 saturated carbocycles. The number of carbonyl (C=O) groups excluding carboxylic acids is 1. The molecule has 0 unspecified atom stereocenters. The molecule has 2 heterocycles. The molecule has 0 aliphatic carbocycles. The van der Waals surface area contributed by atoms with Crippen molar-refractivity contribution in [1.29, 1.82) is 0 Å². The second kappa shape index (κ2) is 9.74. The summed E-state index contributed by atoms with van der Waals surface area (Å²) < 4.78 is 21.6. The highest BCUT2D eigenvalue weighted by atomic mass is 16.5. The minimum Gasteiger partial charge on any atom is -0.493 e. The predicted molar refractivity (Wildman–Crippen MR) is 128 cm³/mol. The van der Waals surface area contributed by atoms with Gasteiger partial charge in [-0.15, -0.1) is 0 Å². The minimum absolute atomic E-state index is 0.0787. The fraction of sp³-hybridized carbons (Fsp3) is 0.231. The molecule has 0 spiro atoms. The molecule has 4 aromatic rings. The third-order valence-electron chi connectivity index (χ3n) is 5.57. The van der Waals surface area contributed by atoms with E-state index in [1.165, 1.54) is 21.3 Å². The number of hydrogen-bond acceptors (Lipinski definition) is 6. The summed E-state index contributed by atoms with van der Waals surface area (Å²) in [6, 6.07) is 14.4. The van der Waals surface area contributed by atoms with Gasteiger partial charge in [-0.2, -0.15) is 0 Å². The number of aryl methyl sites for hydroxylation is 1. The number of aromatic nitrogens is 1. The summed E-state index contributed by atoms with van der Waals surface area (Å²) in [5.41, 5.74) is 2.34. The number of carbonyl (C=O) groups is 1. The number of furan rings is 1. The summed E-state index contributed by atoms with van der Waals surface area (Å²) in [6.07, 6.45) is 1.54. The third kappa shape index (κ3) is 4.61. The lowest BCUT2D eigenvalue weighted by molar-refractivity contribution is 0.0716. The first-order chi connectivity index (χ1) is 16.4. The molecule has 8 heteroatoms. The van der Waals surface area contributed by atoms with Crippen LogP contribution in [0.5, 0.6) is 17.2 Å². The smallest absolute Gasteiger partial charge is 0.254 e. The molecule has 176 valence electrons. The van der Waals surface area contributed by atoms with Gasteiger partial charge in [0.05, 0.1) is 40.7 Å². The molecule has 0 bridgehead atoms. The Hall–Kier alpha value is -4.20. The van der Waals surface area contributed by atoms with Crippen LogP contribution in [0, 0.1) is 6.92 Å². The average molecular weight is 463 g/mol. The number of amides is 1. The summed E-state index contributed by atoms with van der Waals surface area (Å²) in [5.74, 6) is 1.39. The quantitative estimate of drug-likeness (QED) is 0.420.